The van der Waals surface area contributed by atoms with Crippen LogP contribution in [0.2, 0.25) is 33.0 Å². The van der Waals surface area contributed by atoms with Crippen molar-refractivity contribution in [2.45, 2.75) is 98.7 Å². The Morgan fingerprint density at radius 1 is 0.818 bits per heavy atom. The zero-order chi connectivity index (χ0) is 16.9. The zero-order valence-electron chi connectivity index (χ0n) is 16.2. The molecule has 0 heterocycles. The fourth-order valence-corrected chi connectivity index (χ4v) is 16.9. The summed E-state index contributed by atoms with van der Waals surface area (Å²) < 4.78 is 14.3. The van der Waals surface area contributed by atoms with Crippen LogP contribution < -0.4 is 0 Å². The van der Waals surface area contributed by atoms with Crippen molar-refractivity contribution in [3.63, 3.8) is 0 Å². The van der Waals surface area contributed by atoms with Crippen LogP contribution in [0.1, 0.15) is 65.7 Å². The SMILES string of the molecule is CCC[CH2][Sn]([C]#CCCO[Si](C)(C)C)([CH2]CCC)[CH2]CCC. The molecule has 0 amide bonds. The van der Waals surface area contributed by atoms with Gasteiger partial charge in [-0.05, 0) is 0 Å². The van der Waals surface area contributed by atoms with Crippen molar-refractivity contribution in [3.05, 3.63) is 0 Å². The average Bonchev–Trinajstić information content (AvgIpc) is 2.46. The molecule has 22 heavy (non-hydrogen) atoms. The van der Waals surface area contributed by atoms with Gasteiger partial charge in [0.05, 0.1) is 0 Å². The first-order chi connectivity index (χ1) is 10.4. The van der Waals surface area contributed by atoms with E-state index >= 15 is 0 Å². The zero-order valence-corrected chi connectivity index (χ0v) is 20.0. The molecule has 130 valence electrons. The Morgan fingerprint density at radius 2 is 1.27 bits per heavy atom. The Morgan fingerprint density at radius 3 is 1.64 bits per heavy atom. The Bertz CT molecular complexity index is 303. The predicted molar refractivity (Wildman–Crippen MR) is 107 cm³/mol. The van der Waals surface area contributed by atoms with E-state index in [9.17, 15) is 0 Å². The number of hydrogen-bond acceptors (Lipinski definition) is 1. The molecule has 0 aromatic carbocycles. The van der Waals surface area contributed by atoms with Gasteiger partial charge in [0.2, 0.25) is 0 Å². The van der Waals surface area contributed by atoms with Gasteiger partial charge >= 0.3 is 146 Å². The molecule has 0 atom stereocenters. The van der Waals surface area contributed by atoms with Crippen molar-refractivity contribution in [1.82, 2.24) is 0 Å². The molecule has 0 radical (unpaired) electrons. The summed E-state index contributed by atoms with van der Waals surface area (Å²) in [6.45, 7) is 14.6. The van der Waals surface area contributed by atoms with Crippen LogP contribution in [-0.2, 0) is 4.43 Å². The molecule has 0 aliphatic heterocycles. The number of rotatable bonds is 12. The van der Waals surface area contributed by atoms with E-state index in [1.165, 1.54) is 51.8 Å². The molecule has 0 saturated carbocycles. The van der Waals surface area contributed by atoms with Gasteiger partial charge in [-0.15, -0.1) is 0 Å². The van der Waals surface area contributed by atoms with Gasteiger partial charge in [0.15, 0.2) is 0 Å². The van der Waals surface area contributed by atoms with E-state index in [-0.39, 0.29) is 0 Å². The summed E-state index contributed by atoms with van der Waals surface area (Å²) in [4.78, 5) is 0. The van der Waals surface area contributed by atoms with Crippen LogP contribution in [0.4, 0.5) is 0 Å². The molecule has 3 heteroatoms. The first-order valence-corrected chi connectivity index (χ1v) is 20.4. The number of hydrogen-bond donors (Lipinski definition) is 0. The summed E-state index contributed by atoms with van der Waals surface area (Å²) in [5.74, 6) is 3.57. The molecule has 1 nitrogen and oxygen atoms in total. The fraction of sp³-hybridized carbons (Fsp3) is 0.895. The van der Waals surface area contributed by atoms with Crippen LogP contribution >= 0.6 is 0 Å². The summed E-state index contributed by atoms with van der Waals surface area (Å²) in [5, 5.41) is 0. The maximum absolute atomic E-state index is 5.95. The van der Waals surface area contributed by atoms with Gasteiger partial charge < -0.3 is 0 Å². The third-order valence-electron chi connectivity index (χ3n) is 4.14. The molecule has 0 bridgehead atoms. The minimum absolute atomic E-state index is 0.847. The molecular weight excluding hydrogens is 391 g/mol. The van der Waals surface area contributed by atoms with E-state index in [4.69, 9.17) is 4.43 Å². The summed E-state index contributed by atoms with van der Waals surface area (Å²) in [7, 11) is -1.37. The van der Waals surface area contributed by atoms with E-state index in [2.05, 4.69) is 50.3 Å². The molecule has 0 aliphatic rings. The second-order valence-electron chi connectivity index (χ2n) is 7.60. The molecule has 0 saturated heterocycles. The van der Waals surface area contributed by atoms with Crippen molar-refractivity contribution in [2.24, 2.45) is 0 Å². The average molecular weight is 431 g/mol. The third-order valence-corrected chi connectivity index (χ3v) is 18.5. The molecule has 0 N–H and O–H groups in total. The van der Waals surface area contributed by atoms with Crippen molar-refractivity contribution >= 4 is 26.7 Å². The van der Waals surface area contributed by atoms with E-state index in [1.807, 2.05) is 0 Å². The topological polar surface area (TPSA) is 9.23 Å². The fourth-order valence-electron chi connectivity index (χ4n) is 2.77. The van der Waals surface area contributed by atoms with Crippen molar-refractivity contribution in [1.29, 1.82) is 0 Å². The molecule has 0 aromatic rings. The summed E-state index contributed by atoms with van der Waals surface area (Å²) in [5.41, 5.74) is 0. The Labute approximate surface area is 146 Å². The van der Waals surface area contributed by atoms with Crippen molar-refractivity contribution in [3.8, 4) is 9.86 Å². The first kappa shape index (κ1) is 22.5. The summed E-state index contributed by atoms with van der Waals surface area (Å²) in [6, 6.07) is 0. The summed E-state index contributed by atoms with van der Waals surface area (Å²) >= 11 is -2.20. The second-order valence-corrected chi connectivity index (χ2v) is 24.4. The molecule has 0 unspecified atom stereocenters. The van der Waals surface area contributed by atoms with Gasteiger partial charge in [-0.3, -0.25) is 0 Å². The van der Waals surface area contributed by atoms with Gasteiger partial charge in [-0.2, -0.15) is 0 Å². The first-order valence-electron chi connectivity index (χ1n) is 9.53. The van der Waals surface area contributed by atoms with Gasteiger partial charge in [0.1, 0.15) is 0 Å². The van der Waals surface area contributed by atoms with Crippen LogP contribution in [0, 0.1) is 9.86 Å². The van der Waals surface area contributed by atoms with Crippen LogP contribution in [0.15, 0.2) is 0 Å². The number of unbranched alkanes of at least 4 members (excludes halogenated alkanes) is 3. The third kappa shape index (κ3) is 12.0. The molecular formula is C19H40OSiSn. The van der Waals surface area contributed by atoms with E-state index in [0.29, 0.717) is 0 Å². The quantitative estimate of drug-likeness (QED) is 0.192. The monoisotopic (exact) mass is 432 g/mol. The molecule has 0 aromatic heterocycles. The molecule has 0 aliphatic carbocycles. The molecule has 0 fully saturated rings. The summed E-state index contributed by atoms with van der Waals surface area (Å²) in [6.07, 6.45) is 9.16. The normalized spacial score (nSPS) is 12.1. The predicted octanol–water partition coefficient (Wildman–Crippen LogP) is 6.62. The van der Waals surface area contributed by atoms with Crippen molar-refractivity contribution < 1.29 is 4.43 Å². The van der Waals surface area contributed by atoms with Gasteiger partial charge in [-0.1, -0.05) is 0 Å². The standard InChI is InChI=1S/C7H13OSi.3C4H9.Sn/c1-5-6-7-8-9(2,3)4;3*1-3-4-2;/h6-7H2,2-4H3;3*1,3-4H2,2H3;. The van der Waals surface area contributed by atoms with E-state index in [1.54, 1.807) is 0 Å². The van der Waals surface area contributed by atoms with Gasteiger partial charge in [0, 0.05) is 0 Å². The second kappa shape index (κ2) is 12.9. The van der Waals surface area contributed by atoms with Gasteiger partial charge in [-0.25, -0.2) is 0 Å². The Kier molecular flexibility index (Phi) is 13.2. The Balaban J connectivity index is 4.71. The molecule has 0 spiro atoms. The van der Waals surface area contributed by atoms with Crippen molar-refractivity contribution in [2.75, 3.05) is 6.61 Å². The van der Waals surface area contributed by atoms with Crippen LogP contribution in [-0.4, -0.2) is 33.3 Å². The minimum atomic E-state index is -2.20. The van der Waals surface area contributed by atoms with Gasteiger partial charge in [0.25, 0.3) is 0 Å². The van der Waals surface area contributed by atoms with E-state index < -0.39 is 26.7 Å². The maximum atomic E-state index is 5.95. The van der Waals surface area contributed by atoms with Crippen LogP contribution in [0.25, 0.3) is 0 Å². The van der Waals surface area contributed by atoms with E-state index in [0.717, 1.165) is 13.0 Å². The van der Waals surface area contributed by atoms with Crippen LogP contribution in [0.3, 0.4) is 0 Å². The van der Waals surface area contributed by atoms with Crippen LogP contribution in [0.5, 0.6) is 0 Å². The Hall–Kier alpha value is 0.536. The molecule has 0 rings (SSSR count).